The van der Waals surface area contributed by atoms with Crippen molar-refractivity contribution in [3.8, 4) is 0 Å². The van der Waals surface area contributed by atoms with Gasteiger partial charge in [0.1, 0.15) is 29.8 Å². The molecule has 0 saturated heterocycles. The van der Waals surface area contributed by atoms with Crippen molar-refractivity contribution >= 4 is 11.5 Å². The van der Waals surface area contributed by atoms with E-state index in [1.165, 1.54) is 5.57 Å². The zero-order chi connectivity index (χ0) is 20.1. The summed E-state index contributed by atoms with van der Waals surface area (Å²) in [6, 6.07) is 10.5. The second kappa shape index (κ2) is 8.69. The molecule has 0 fully saturated rings. The second-order valence-electron chi connectivity index (χ2n) is 6.63. The number of benzene rings is 2. The average molecular weight is 383 g/mol. The van der Waals surface area contributed by atoms with Crippen LogP contribution in [-0.4, -0.2) is 5.84 Å². The Hall–Kier alpha value is -3.15. The monoisotopic (exact) mass is 383 g/mol. The minimum Gasteiger partial charge on any atom is -0.491 e. The van der Waals surface area contributed by atoms with Gasteiger partial charge in [-0.3, -0.25) is 5.41 Å². The summed E-state index contributed by atoms with van der Waals surface area (Å²) in [6.07, 6.45) is 4.52. The highest BCUT2D eigenvalue weighted by molar-refractivity contribution is 5.95. The van der Waals surface area contributed by atoms with Crippen LogP contribution in [0.3, 0.4) is 0 Å². The van der Waals surface area contributed by atoms with Crippen molar-refractivity contribution < 1.29 is 13.5 Å². The van der Waals surface area contributed by atoms with E-state index in [9.17, 15) is 8.78 Å². The first kappa shape index (κ1) is 19.6. The van der Waals surface area contributed by atoms with Crippen LogP contribution in [-0.2, 0) is 11.3 Å². The van der Waals surface area contributed by atoms with Crippen LogP contribution in [0.25, 0.3) is 0 Å². The summed E-state index contributed by atoms with van der Waals surface area (Å²) < 4.78 is 33.1. The van der Waals surface area contributed by atoms with Gasteiger partial charge in [-0.15, -0.1) is 0 Å². The van der Waals surface area contributed by atoms with Gasteiger partial charge in [-0.05, 0) is 61.4 Å². The van der Waals surface area contributed by atoms with Crippen LogP contribution in [0.5, 0.6) is 0 Å². The Morgan fingerprint density at radius 3 is 2.57 bits per heavy atom. The molecule has 0 heterocycles. The van der Waals surface area contributed by atoms with Crippen LogP contribution in [0.2, 0.25) is 0 Å². The Labute approximate surface area is 163 Å². The van der Waals surface area contributed by atoms with Gasteiger partial charge in [0, 0.05) is 23.2 Å². The zero-order valence-corrected chi connectivity index (χ0v) is 15.7. The van der Waals surface area contributed by atoms with Gasteiger partial charge in [0.05, 0.1) is 5.70 Å². The molecule has 6 heteroatoms. The lowest BCUT2D eigenvalue weighted by Crippen LogP contribution is -2.12. The topological polar surface area (TPSA) is 71.1 Å². The van der Waals surface area contributed by atoms with Gasteiger partial charge >= 0.3 is 0 Å². The Balaban J connectivity index is 1.81. The van der Waals surface area contributed by atoms with Gasteiger partial charge in [0.2, 0.25) is 0 Å². The van der Waals surface area contributed by atoms with Crippen molar-refractivity contribution in [2.45, 2.75) is 32.8 Å². The molecule has 0 aliphatic heterocycles. The summed E-state index contributed by atoms with van der Waals surface area (Å²) in [6.45, 7) is 2.06. The lowest BCUT2D eigenvalue weighted by Gasteiger charge is -2.22. The highest BCUT2D eigenvalue weighted by atomic mass is 19.1. The zero-order valence-electron chi connectivity index (χ0n) is 15.7. The van der Waals surface area contributed by atoms with E-state index >= 15 is 0 Å². The number of allylic oxidation sites excluding steroid dienone is 3. The van der Waals surface area contributed by atoms with E-state index in [0.29, 0.717) is 17.7 Å². The molecule has 0 amide bonds. The molecule has 3 rings (SSSR count). The van der Waals surface area contributed by atoms with Gasteiger partial charge < -0.3 is 15.8 Å². The first-order valence-electron chi connectivity index (χ1n) is 9.17. The number of hydrogen-bond donors (Lipinski definition) is 3. The maximum atomic E-state index is 13.9. The lowest BCUT2D eigenvalue weighted by atomic mass is 9.99. The van der Waals surface area contributed by atoms with Gasteiger partial charge in [-0.25, -0.2) is 8.78 Å². The van der Waals surface area contributed by atoms with E-state index in [0.717, 1.165) is 42.4 Å². The first-order valence-corrected chi connectivity index (χ1v) is 9.17. The molecule has 0 atom stereocenters. The number of amidine groups is 1. The van der Waals surface area contributed by atoms with Crippen LogP contribution in [0.4, 0.5) is 14.5 Å². The van der Waals surface area contributed by atoms with Crippen molar-refractivity contribution in [1.29, 1.82) is 5.41 Å². The molecule has 0 saturated carbocycles. The van der Waals surface area contributed by atoms with Crippen molar-refractivity contribution in [3.05, 3.63) is 88.3 Å². The van der Waals surface area contributed by atoms with Gasteiger partial charge in [-0.2, -0.15) is 0 Å². The highest BCUT2D eigenvalue weighted by Gasteiger charge is 2.16. The number of nitrogens with two attached hydrogens (primary N) is 1. The van der Waals surface area contributed by atoms with Crippen molar-refractivity contribution in [2.24, 2.45) is 5.73 Å². The van der Waals surface area contributed by atoms with Gasteiger partial charge in [0.15, 0.2) is 0 Å². The van der Waals surface area contributed by atoms with E-state index in [4.69, 9.17) is 15.9 Å². The summed E-state index contributed by atoms with van der Waals surface area (Å²) in [4.78, 5) is 0. The maximum Gasteiger partial charge on any atom is 0.130 e. The third kappa shape index (κ3) is 4.76. The predicted molar refractivity (Wildman–Crippen MR) is 107 cm³/mol. The molecule has 0 spiro atoms. The van der Waals surface area contributed by atoms with Crippen LogP contribution in [0, 0.1) is 17.0 Å². The number of nitrogen functional groups attached to an aromatic ring is 1. The van der Waals surface area contributed by atoms with Crippen LogP contribution in [0.15, 0.2) is 65.6 Å². The van der Waals surface area contributed by atoms with Crippen molar-refractivity contribution in [2.75, 3.05) is 5.32 Å². The Kier molecular flexibility index (Phi) is 6.09. The fraction of sp³-hybridized carbons (Fsp3) is 0.227. The Bertz CT molecular complexity index is 933. The molecule has 146 valence electrons. The molecule has 0 bridgehead atoms. The normalized spacial score (nSPS) is 13.9. The van der Waals surface area contributed by atoms with Crippen LogP contribution >= 0.6 is 0 Å². The summed E-state index contributed by atoms with van der Waals surface area (Å²) >= 11 is 0. The van der Waals surface area contributed by atoms with Crippen molar-refractivity contribution in [1.82, 2.24) is 0 Å². The molecule has 0 radical (unpaired) electrons. The predicted octanol–water partition coefficient (Wildman–Crippen LogP) is 5.22. The summed E-state index contributed by atoms with van der Waals surface area (Å²) in [7, 11) is 0. The van der Waals surface area contributed by atoms with E-state index in [1.54, 1.807) is 12.1 Å². The first-order chi connectivity index (χ1) is 13.5. The second-order valence-corrected chi connectivity index (χ2v) is 6.63. The Morgan fingerprint density at radius 2 is 1.89 bits per heavy atom. The largest absolute Gasteiger partial charge is 0.491 e. The molecule has 4 nitrogen and oxygen atoms in total. The summed E-state index contributed by atoms with van der Waals surface area (Å²) in [5, 5.41) is 10.8. The number of rotatable bonds is 7. The molecule has 0 unspecified atom stereocenters. The summed E-state index contributed by atoms with van der Waals surface area (Å²) in [5.41, 5.74) is 9.23. The minimum atomic E-state index is -0.491. The molecule has 2 aromatic carbocycles. The number of nitrogens with one attached hydrogen (secondary N) is 2. The SMILES string of the molecule is CCC1=CC(Nc2ccc(C(=N)N)cc2)=C(OCc2cc(F)ccc2F)CC1. The molecular formula is C22H23F2N3O. The molecule has 1 aliphatic carbocycles. The average Bonchev–Trinajstić information content (AvgIpc) is 2.69. The quantitative estimate of drug-likeness (QED) is 0.453. The van der Waals surface area contributed by atoms with E-state index < -0.39 is 11.6 Å². The van der Waals surface area contributed by atoms with Crippen molar-refractivity contribution in [3.63, 3.8) is 0 Å². The Morgan fingerprint density at radius 1 is 1.14 bits per heavy atom. The molecule has 0 aromatic heterocycles. The molecule has 4 N–H and O–H groups in total. The number of hydrogen-bond acceptors (Lipinski definition) is 3. The summed E-state index contributed by atoms with van der Waals surface area (Å²) in [5.74, 6) is -0.263. The van der Waals surface area contributed by atoms with Gasteiger partial charge in [0.25, 0.3) is 0 Å². The van der Waals surface area contributed by atoms with Gasteiger partial charge in [-0.1, -0.05) is 12.5 Å². The van der Waals surface area contributed by atoms with E-state index in [-0.39, 0.29) is 18.0 Å². The van der Waals surface area contributed by atoms with E-state index in [2.05, 4.69) is 12.2 Å². The fourth-order valence-electron chi connectivity index (χ4n) is 3.01. The molecular weight excluding hydrogens is 360 g/mol. The fourth-order valence-corrected chi connectivity index (χ4v) is 3.01. The smallest absolute Gasteiger partial charge is 0.130 e. The third-order valence-electron chi connectivity index (χ3n) is 4.66. The number of ether oxygens (including phenoxy) is 1. The molecule has 1 aliphatic rings. The highest BCUT2D eigenvalue weighted by Crippen LogP contribution is 2.29. The van der Waals surface area contributed by atoms with Crippen LogP contribution in [0.1, 0.15) is 37.3 Å². The van der Waals surface area contributed by atoms with E-state index in [1.807, 2.05) is 18.2 Å². The van der Waals surface area contributed by atoms with Crippen LogP contribution < -0.4 is 11.1 Å². The third-order valence-corrected chi connectivity index (χ3v) is 4.66. The maximum absolute atomic E-state index is 13.9. The number of anilines is 1. The standard InChI is InChI=1S/C22H23F2N3O/c1-2-14-3-10-21(28-13-16-12-17(23)6-9-19(16)24)20(11-14)27-18-7-4-15(5-8-18)22(25)26/h4-9,11-12,27H,2-3,10,13H2,1H3,(H3,25,26). The number of halogens is 2. The molecule has 28 heavy (non-hydrogen) atoms. The lowest BCUT2D eigenvalue weighted by molar-refractivity contribution is 0.181. The molecule has 2 aromatic rings. The minimum absolute atomic E-state index is 0.0118.